The maximum absolute atomic E-state index is 12.5. The van der Waals surface area contributed by atoms with E-state index < -0.39 is 5.97 Å². The summed E-state index contributed by atoms with van der Waals surface area (Å²) in [6.45, 7) is 0.0625. The van der Waals surface area contributed by atoms with Crippen LogP contribution in [0.1, 0.15) is 16.1 Å². The molecule has 0 bridgehead atoms. The zero-order chi connectivity index (χ0) is 18.4. The molecule has 3 rings (SSSR count). The van der Waals surface area contributed by atoms with Crippen molar-refractivity contribution in [1.29, 1.82) is 0 Å². The van der Waals surface area contributed by atoms with E-state index in [9.17, 15) is 4.79 Å². The molecular formula is C19H18N2O4S. The number of carbonyl (C=O) groups is 1. The largest absolute Gasteiger partial charge is 0.496 e. The summed E-state index contributed by atoms with van der Waals surface area (Å²) in [6, 6.07) is 14.9. The predicted molar refractivity (Wildman–Crippen MR) is 101 cm³/mol. The molecule has 0 saturated carbocycles. The third kappa shape index (κ3) is 4.12. The highest BCUT2D eigenvalue weighted by Gasteiger charge is 2.20. The summed E-state index contributed by atoms with van der Waals surface area (Å²) >= 11 is 1.44. The van der Waals surface area contributed by atoms with Gasteiger partial charge in [-0.15, -0.1) is 11.3 Å². The number of esters is 1. The molecule has 1 N–H and O–H groups in total. The summed E-state index contributed by atoms with van der Waals surface area (Å²) in [4.78, 5) is 16.9. The highest BCUT2D eigenvalue weighted by atomic mass is 32.1. The molecule has 134 valence electrons. The van der Waals surface area contributed by atoms with Gasteiger partial charge in [-0.1, -0.05) is 24.3 Å². The number of para-hydroxylation sites is 1. The first-order chi connectivity index (χ1) is 12.7. The zero-order valence-corrected chi connectivity index (χ0v) is 15.2. The number of nitrogens with one attached hydrogen (secondary N) is 1. The molecule has 0 saturated heterocycles. The van der Waals surface area contributed by atoms with E-state index in [-0.39, 0.29) is 12.2 Å². The number of hydrogen-bond donors (Lipinski definition) is 1. The fraction of sp³-hybridized carbons (Fsp3) is 0.158. The Balaban J connectivity index is 1.66. The van der Waals surface area contributed by atoms with Crippen LogP contribution in [0.4, 0.5) is 10.8 Å². The number of rotatable bonds is 7. The molecule has 2 aromatic carbocycles. The molecule has 6 nitrogen and oxygen atoms in total. The predicted octanol–water partition coefficient (Wildman–Crippen LogP) is 4.26. The molecule has 0 aliphatic rings. The van der Waals surface area contributed by atoms with Gasteiger partial charge in [0, 0.05) is 11.1 Å². The van der Waals surface area contributed by atoms with Crippen molar-refractivity contribution in [2.45, 2.75) is 6.61 Å². The number of thiazole rings is 1. The molecule has 0 aliphatic heterocycles. The average molecular weight is 370 g/mol. The number of nitrogens with zero attached hydrogens (tertiary/aromatic N) is 1. The molecule has 1 aromatic heterocycles. The lowest BCUT2D eigenvalue weighted by Crippen LogP contribution is -2.09. The first kappa shape index (κ1) is 17.8. The highest BCUT2D eigenvalue weighted by Crippen LogP contribution is 2.29. The molecule has 0 fully saturated rings. The molecule has 3 aromatic rings. The van der Waals surface area contributed by atoms with Gasteiger partial charge in [-0.25, -0.2) is 9.78 Å². The van der Waals surface area contributed by atoms with Crippen molar-refractivity contribution < 1.29 is 19.0 Å². The standard InChI is InChI=1S/C19H18N2O4S/c1-23-15-9-6-10-16(24-2)17(15)18(22)25-11-14-12-26-19(21-14)20-13-7-4-3-5-8-13/h3-10,12H,11H2,1-2H3,(H,20,21). The molecule has 0 atom stereocenters. The van der Waals surface area contributed by atoms with Gasteiger partial charge < -0.3 is 19.5 Å². The summed E-state index contributed by atoms with van der Waals surface area (Å²) in [6.07, 6.45) is 0. The lowest BCUT2D eigenvalue weighted by molar-refractivity contribution is 0.0461. The van der Waals surface area contributed by atoms with E-state index in [1.165, 1.54) is 25.6 Å². The van der Waals surface area contributed by atoms with Gasteiger partial charge in [0.05, 0.1) is 19.9 Å². The third-order valence-corrected chi connectivity index (χ3v) is 4.37. The van der Waals surface area contributed by atoms with Crippen LogP contribution in [0.5, 0.6) is 11.5 Å². The van der Waals surface area contributed by atoms with E-state index in [4.69, 9.17) is 14.2 Å². The highest BCUT2D eigenvalue weighted by molar-refractivity contribution is 7.13. The van der Waals surface area contributed by atoms with E-state index in [0.717, 1.165) is 10.8 Å². The smallest absolute Gasteiger partial charge is 0.346 e. The Morgan fingerprint density at radius 2 is 1.73 bits per heavy atom. The molecule has 0 aliphatic carbocycles. The minimum atomic E-state index is -0.523. The molecule has 0 radical (unpaired) electrons. The third-order valence-electron chi connectivity index (χ3n) is 3.56. The van der Waals surface area contributed by atoms with Crippen molar-refractivity contribution >= 4 is 28.1 Å². The number of methoxy groups -OCH3 is 2. The summed E-state index contributed by atoms with van der Waals surface area (Å²) < 4.78 is 15.8. The number of hydrogen-bond acceptors (Lipinski definition) is 7. The minimum Gasteiger partial charge on any atom is -0.496 e. The van der Waals surface area contributed by atoms with Crippen molar-refractivity contribution in [1.82, 2.24) is 4.98 Å². The van der Waals surface area contributed by atoms with Crippen LogP contribution >= 0.6 is 11.3 Å². The van der Waals surface area contributed by atoms with E-state index in [0.29, 0.717) is 17.2 Å². The van der Waals surface area contributed by atoms with Gasteiger partial charge in [0.2, 0.25) is 0 Å². The van der Waals surface area contributed by atoms with Gasteiger partial charge in [0.15, 0.2) is 5.13 Å². The van der Waals surface area contributed by atoms with E-state index in [2.05, 4.69) is 10.3 Å². The topological polar surface area (TPSA) is 69.7 Å². The first-order valence-corrected chi connectivity index (χ1v) is 8.74. The van der Waals surface area contributed by atoms with Gasteiger partial charge in [0.25, 0.3) is 0 Å². The number of ether oxygens (including phenoxy) is 3. The molecule has 0 amide bonds. The fourth-order valence-electron chi connectivity index (χ4n) is 2.34. The number of carbonyl (C=O) groups excluding carboxylic acids is 1. The summed E-state index contributed by atoms with van der Waals surface area (Å²) in [5.74, 6) is 0.281. The van der Waals surface area contributed by atoms with Crippen LogP contribution in [0, 0.1) is 0 Å². The minimum absolute atomic E-state index is 0.0625. The van der Waals surface area contributed by atoms with Crippen molar-refractivity contribution in [2.75, 3.05) is 19.5 Å². The number of aromatic nitrogens is 1. The van der Waals surface area contributed by atoms with Crippen LogP contribution in [0.25, 0.3) is 0 Å². The van der Waals surface area contributed by atoms with Crippen LogP contribution < -0.4 is 14.8 Å². The molecule has 7 heteroatoms. The van der Waals surface area contributed by atoms with Crippen LogP contribution in [0.2, 0.25) is 0 Å². The van der Waals surface area contributed by atoms with Gasteiger partial charge in [-0.05, 0) is 24.3 Å². The van der Waals surface area contributed by atoms with Crippen LogP contribution in [-0.4, -0.2) is 25.2 Å². The van der Waals surface area contributed by atoms with E-state index >= 15 is 0 Å². The Bertz CT molecular complexity index is 858. The maximum atomic E-state index is 12.5. The monoisotopic (exact) mass is 370 g/mol. The molecule has 0 spiro atoms. The maximum Gasteiger partial charge on any atom is 0.346 e. The van der Waals surface area contributed by atoms with Crippen molar-refractivity contribution in [3.8, 4) is 11.5 Å². The lowest BCUT2D eigenvalue weighted by atomic mass is 10.2. The molecule has 26 heavy (non-hydrogen) atoms. The molecule has 0 unspecified atom stereocenters. The van der Waals surface area contributed by atoms with Crippen molar-refractivity contribution in [3.05, 3.63) is 65.2 Å². The first-order valence-electron chi connectivity index (χ1n) is 7.86. The Morgan fingerprint density at radius 1 is 1.04 bits per heavy atom. The summed E-state index contributed by atoms with van der Waals surface area (Å²) in [7, 11) is 2.99. The fourth-order valence-corrected chi connectivity index (χ4v) is 3.05. The second-order valence-electron chi connectivity index (χ2n) is 5.25. The zero-order valence-electron chi connectivity index (χ0n) is 14.4. The van der Waals surface area contributed by atoms with Crippen LogP contribution in [0.15, 0.2) is 53.9 Å². The van der Waals surface area contributed by atoms with Crippen LogP contribution in [0.3, 0.4) is 0 Å². The Kier molecular flexibility index (Phi) is 5.70. The van der Waals surface area contributed by atoms with Gasteiger partial charge in [-0.2, -0.15) is 0 Å². The SMILES string of the molecule is COc1cccc(OC)c1C(=O)OCc1csc(Nc2ccccc2)n1. The normalized spacial score (nSPS) is 10.2. The summed E-state index contributed by atoms with van der Waals surface area (Å²) in [5, 5.41) is 5.79. The summed E-state index contributed by atoms with van der Waals surface area (Å²) in [5.41, 5.74) is 1.87. The quantitative estimate of drug-likeness (QED) is 0.627. The lowest BCUT2D eigenvalue weighted by Gasteiger charge is -2.11. The molecule has 1 heterocycles. The van der Waals surface area contributed by atoms with Gasteiger partial charge in [-0.3, -0.25) is 0 Å². The molecular weight excluding hydrogens is 352 g/mol. The number of benzene rings is 2. The van der Waals surface area contributed by atoms with Gasteiger partial charge >= 0.3 is 5.97 Å². The van der Waals surface area contributed by atoms with Crippen molar-refractivity contribution in [2.24, 2.45) is 0 Å². The number of anilines is 2. The Morgan fingerprint density at radius 3 is 2.38 bits per heavy atom. The Hall–Kier alpha value is -3.06. The second-order valence-corrected chi connectivity index (χ2v) is 6.11. The van der Waals surface area contributed by atoms with E-state index in [1.807, 2.05) is 35.7 Å². The van der Waals surface area contributed by atoms with Crippen molar-refractivity contribution in [3.63, 3.8) is 0 Å². The second kappa shape index (κ2) is 8.35. The van der Waals surface area contributed by atoms with Crippen LogP contribution in [-0.2, 0) is 11.3 Å². The average Bonchev–Trinajstić information content (AvgIpc) is 3.13. The van der Waals surface area contributed by atoms with Gasteiger partial charge in [0.1, 0.15) is 23.7 Å². The Labute approximate surface area is 155 Å². The van der Waals surface area contributed by atoms with E-state index in [1.54, 1.807) is 18.2 Å².